The van der Waals surface area contributed by atoms with Crippen LogP contribution in [0.1, 0.15) is 23.1 Å². The van der Waals surface area contributed by atoms with Crippen LogP contribution < -0.4 is 5.32 Å². The van der Waals surface area contributed by atoms with Crippen LogP contribution in [-0.2, 0) is 0 Å². The summed E-state index contributed by atoms with van der Waals surface area (Å²) in [6, 6.07) is 15.5. The highest BCUT2D eigenvalue weighted by molar-refractivity contribution is 9.10. The van der Waals surface area contributed by atoms with E-state index >= 15 is 0 Å². The number of likely N-dealkylation sites (N-methyl/N-ethyl adjacent to an activating group) is 1. The zero-order valence-corrected chi connectivity index (χ0v) is 13.5. The molecule has 0 saturated heterocycles. The largest absolute Gasteiger partial charge is 0.388 e. The van der Waals surface area contributed by atoms with Crippen molar-refractivity contribution in [3.8, 4) is 0 Å². The van der Waals surface area contributed by atoms with E-state index < -0.39 is 6.10 Å². The number of aliphatic hydroxyl groups excluding tert-OH is 1. The van der Waals surface area contributed by atoms with Gasteiger partial charge in [-0.2, -0.15) is 0 Å². The second-order valence-corrected chi connectivity index (χ2v) is 5.95. The Balaban J connectivity index is 2.33. The second kappa shape index (κ2) is 7.23. The van der Waals surface area contributed by atoms with Crippen molar-refractivity contribution in [3.63, 3.8) is 0 Å². The van der Waals surface area contributed by atoms with Gasteiger partial charge in [0, 0.05) is 16.9 Å². The van der Waals surface area contributed by atoms with E-state index in [0.717, 1.165) is 15.6 Å². The summed E-state index contributed by atoms with van der Waals surface area (Å²) in [5.74, 6) is -0.0481. The fraction of sp³-hybridized carbons (Fsp3) is 0.250. The molecule has 0 aromatic heterocycles. The molecule has 0 heterocycles. The maximum Gasteiger partial charge on any atom is 0.0870 e. The molecule has 2 atom stereocenters. The van der Waals surface area contributed by atoms with Crippen LogP contribution in [0.2, 0.25) is 5.02 Å². The number of rotatable bonds is 5. The van der Waals surface area contributed by atoms with Crippen LogP contribution in [0, 0.1) is 0 Å². The summed E-state index contributed by atoms with van der Waals surface area (Å²) in [4.78, 5) is 0. The van der Waals surface area contributed by atoms with Crippen molar-refractivity contribution in [1.82, 2.24) is 5.32 Å². The van der Waals surface area contributed by atoms with Crippen molar-refractivity contribution >= 4 is 27.5 Å². The summed E-state index contributed by atoms with van der Waals surface area (Å²) in [5, 5.41) is 14.4. The first-order valence-electron chi connectivity index (χ1n) is 6.46. The molecule has 0 fully saturated rings. The van der Waals surface area contributed by atoms with Gasteiger partial charge in [-0.25, -0.2) is 0 Å². The summed E-state index contributed by atoms with van der Waals surface area (Å²) in [7, 11) is 1.88. The van der Waals surface area contributed by atoms with Crippen molar-refractivity contribution < 1.29 is 5.11 Å². The Kier molecular flexibility index (Phi) is 5.61. The van der Waals surface area contributed by atoms with Crippen LogP contribution >= 0.6 is 27.5 Å². The molecule has 4 heteroatoms. The molecule has 2 nitrogen and oxygen atoms in total. The lowest BCUT2D eigenvalue weighted by atomic mass is 9.89. The summed E-state index contributed by atoms with van der Waals surface area (Å²) in [6.45, 7) is 0.675. The lowest BCUT2D eigenvalue weighted by Gasteiger charge is -2.24. The lowest BCUT2D eigenvalue weighted by molar-refractivity contribution is 0.144. The van der Waals surface area contributed by atoms with Crippen LogP contribution in [0.3, 0.4) is 0 Å². The smallest absolute Gasteiger partial charge is 0.0870 e. The van der Waals surface area contributed by atoms with Gasteiger partial charge >= 0.3 is 0 Å². The monoisotopic (exact) mass is 353 g/mol. The minimum atomic E-state index is -0.569. The molecule has 0 aliphatic rings. The Labute approximate surface area is 132 Å². The summed E-state index contributed by atoms with van der Waals surface area (Å²) in [5.41, 5.74) is 1.93. The third-order valence-electron chi connectivity index (χ3n) is 3.32. The Morgan fingerprint density at radius 3 is 2.45 bits per heavy atom. The van der Waals surface area contributed by atoms with Crippen molar-refractivity contribution in [2.45, 2.75) is 12.0 Å². The highest BCUT2D eigenvalue weighted by atomic mass is 79.9. The fourth-order valence-corrected chi connectivity index (χ4v) is 2.69. The number of hydrogen-bond donors (Lipinski definition) is 2. The van der Waals surface area contributed by atoms with Crippen LogP contribution in [0.25, 0.3) is 0 Å². The van der Waals surface area contributed by atoms with Gasteiger partial charge in [-0.3, -0.25) is 0 Å². The van der Waals surface area contributed by atoms with E-state index in [1.807, 2.05) is 55.6 Å². The first kappa shape index (κ1) is 15.5. The first-order valence-corrected chi connectivity index (χ1v) is 7.63. The molecule has 0 saturated carbocycles. The maximum absolute atomic E-state index is 10.6. The number of benzene rings is 2. The Bertz CT molecular complexity index is 562. The second-order valence-electron chi connectivity index (χ2n) is 4.69. The Morgan fingerprint density at radius 2 is 1.85 bits per heavy atom. The first-order chi connectivity index (χ1) is 9.63. The molecule has 0 radical (unpaired) electrons. The predicted octanol–water partition coefficient (Wildman–Crippen LogP) is 4.14. The minimum absolute atomic E-state index is 0.0481. The SMILES string of the molecule is CNC[C@H](c1ccc(Br)c(Cl)c1)[C@@H](O)c1ccccc1. The Morgan fingerprint density at radius 1 is 1.15 bits per heavy atom. The normalized spacial score (nSPS) is 14.0. The molecule has 0 aliphatic carbocycles. The molecule has 0 amide bonds. The van der Waals surface area contributed by atoms with Gasteiger partial charge < -0.3 is 10.4 Å². The van der Waals surface area contributed by atoms with Gasteiger partial charge in [0.15, 0.2) is 0 Å². The predicted molar refractivity (Wildman–Crippen MR) is 87.2 cm³/mol. The summed E-state index contributed by atoms with van der Waals surface area (Å²) in [6.07, 6.45) is -0.569. The zero-order chi connectivity index (χ0) is 14.5. The topological polar surface area (TPSA) is 32.3 Å². The van der Waals surface area contributed by atoms with Gasteiger partial charge in [-0.15, -0.1) is 0 Å². The van der Waals surface area contributed by atoms with Crippen molar-refractivity contribution in [3.05, 3.63) is 69.2 Å². The van der Waals surface area contributed by atoms with Gasteiger partial charge in [-0.05, 0) is 46.2 Å². The molecule has 0 unspecified atom stereocenters. The van der Waals surface area contributed by atoms with E-state index in [1.54, 1.807) is 0 Å². The molecular formula is C16H17BrClNO. The van der Waals surface area contributed by atoms with Crippen molar-refractivity contribution in [2.75, 3.05) is 13.6 Å². The van der Waals surface area contributed by atoms with Crippen LogP contribution in [0.5, 0.6) is 0 Å². The van der Waals surface area contributed by atoms with Gasteiger partial charge in [0.2, 0.25) is 0 Å². The molecule has 106 valence electrons. The number of halogens is 2. The van der Waals surface area contributed by atoms with Crippen molar-refractivity contribution in [1.29, 1.82) is 0 Å². The van der Waals surface area contributed by atoms with E-state index in [-0.39, 0.29) is 5.92 Å². The minimum Gasteiger partial charge on any atom is -0.388 e. The van der Waals surface area contributed by atoms with Gasteiger partial charge in [0.1, 0.15) is 0 Å². The summed E-state index contributed by atoms with van der Waals surface area (Å²) >= 11 is 9.55. The van der Waals surface area contributed by atoms with E-state index in [0.29, 0.717) is 11.6 Å². The highest BCUT2D eigenvalue weighted by Crippen LogP contribution is 2.33. The quantitative estimate of drug-likeness (QED) is 0.846. The lowest BCUT2D eigenvalue weighted by Crippen LogP contribution is -2.23. The van der Waals surface area contributed by atoms with Crippen LogP contribution in [-0.4, -0.2) is 18.7 Å². The highest BCUT2D eigenvalue weighted by Gasteiger charge is 2.22. The third-order valence-corrected chi connectivity index (χ3v) is 4.55. The van der Waals surface area contributed by atoms with Crippen LogP contribution in [0.15, 0.2) is 53.0 Å². The average Bonchev–Trinajstić information content (AvgIpc) is 2.48. The molecule has 20 heavy (non-hydrogen) atoms. The van der Waals surface area contributed by atoms with Crippen LogP contribution in [0.4, 0.5) is 0 Å². The maximum atomic E-state index is 10.6. The molecule has 0 aliphatic heterocycles. The molecule has 2 aromatic carbocycles. The number of aliphatic hydroxyl groups is 1. The van der Waals surface area contributed by atoms with E-state index in [2.05, 4.69) is 21.2 Å². The molecule has 0 spiro atoms. The average molecular weight is 355 g/mol. The molecule has 2 N–H and O–H groups in total. The molecule has 2 rings (SSSR count). The van der Waals surface area contributed by atoms with E-state index in [4.69, 9.17) is 11.6 Å². The van der Waals surface area contributed by atoms with E-state index in [9.17, 15) is 5.11 Å². The van der Waals surface area contributed by atoms with Crippen molar-refractivity contribution in [2.24, 2.45) is 0 Å². The van der Waals surface area contributed by atoms with Gasteiger partial charge in [-0.1, -0.05) is 48.0 Å². The molecule has 2 aromatic rings. The number of hydrogen-bond acceptors (Lipinski definition) is 2. The van der Waals surface area contributed by atoms with Gasteiger partial charge in [0.25, 0.3) is 0 Å². The van der Waals surface area contributed by atoms with E-state index in [1.165, 1.54) is 0 Å². The molecular weight excluding hydrogens is 338 g/mol. The zero-order valence-electron chi connectivity index (χ0n) is 11.2. The van der Waals surface area contributed by atoms with Gasteiger partial charge in [0.05, 0.1) is 11.1 Å². The standard InChI is InChI=1S/C16H17BrClNO/c1-19-10-13(12-7-8-14(17)15(18)9-12)16(20)11-5-3-2-4-6-11/h2-9,13,16,19-20H,10H2,1H3/t13-,16+/m1/s1. The number of nitrogens with one attached hydrogen (secondary N) is 1. The third kappa shape index (κ3) is 3.61. The Hall–Kier alpha value is -0.870. The fourth-order valence-electron chi connectivity index (χ4n) is 2.26. The molecule has 0 bridgehead atoms. The summed E-state index contributed by atoms with van der Waals surface area (Å²) < 4.78 is 0.861.